The van der Waals surface area contributed by atoms with E-state index in [4.69, 9.17) is 16.0 Å². The molecule has 0 N–H and O–H groups in total. The first-order valence-corrected chi connectivity index (χ1v) is 5.49. The molecule has 2 aromatic rings. The van der Waals surface area contributed by atoms with Crippen molar-refractivity contribution >= 4 is 38.5 Å². The van der Waals surface area contributed by atoms with Gasteiger partial charge in [-0.05, 0) is 23.8 Å². The zero-order valence-electron chi connectivity index (χ0n) is 7.09. The van der Waals surface area contributed by atoms with Gasteiger partial charge in [0.2, 0.25) is 0 Å². The predicted octanol–water partition coefficient (Wildman–Crippen LogP) is 3.34. The molecule has 1 aromatic carbocycles. The first-order valence-electron chi connectivity index (χ1n) is 3.99. The van der Waals surface area contributed by atoms with Crippen molar-refractivity contribution in [1.82, 2.24) is 0 Å². The molecule has 0 amide bonds. The summed E-state index contributed by atoms with van der Waals surface area (Å²) in [6, 6.07) is 6.65. The lowest BCUT2D eigenvalue weighted by atomic mass is 10.1. The van der Waals surface area contributed by atoms with Gasteiger partial charge in [-0.2, -0.15) is 0 Å². The summed E-state index contributed by atoms with van der Waals surface area (Å²) in [5, 5.41) is 2.11. The van der Waals surface area contributed by atoms with E-state index in [1.807, 2.05) is 0 Å². The third-order valence-corrected chi connectivity index (χ3v) is 2.77. The van der Waals surface area contributed by atoms with Gasteiger partial charge in [-0.15, -0.1) is 0 Å². The number of rotatable bonds is 1. The molecule has 14 heavy (non-hydrogen) atoms. The summed E-state index contributed by atoms with van der Waals surface area (Å²) in [6.45, 7) is 0. The Morgan fingerprint density at radius 3 is 2.86 bits per heavy atom. The number of benzene rings is 1. The highest BCUT2D eigenvalue weighted by Crippen LogP contribution is 2.22. The molecule has 0 unspecified atom stereocenters. The molecule has 72 valence electrons. The van der Waals surface area contributed by atoms with E-state index in [1.165, 1.54) is 6.07 Å². The molecule has 0 saturated carbocycles. The molecule has 4 heteroatoms. The fourth-order valence-electron chi connectivity index (χ4n) is 1.31. The van der Waals surface area contributed by atoms with Crippen LogP contribution in [-0.2, 0) is 5.33 Å². The molecule has 1 heterocycles. The van der Waals surface area contributed by atoms with Crippen molar-refractivity contribution < 1.29 is 4.42 Å². The van der Waals surface area contributed by atoms with Gasteiger partial charge in [-0.1, -0.05) is 27.5 Å². The maximum absolute atomic E-state index is 11.1. The molecule has 0 saturated heterocycles. The van der Waals surface area contributed by atoms with Crippen LogP contribution in [0.5, 0.6) is 0 Å². The third kappa shape index (κ3) is 1.70. The lowest BCUT2D eigenvalue weighted by molar-refractivity contribution is 0.560. The van der Waals surface area contributed by atoms with Crippen molar-refractivity contribution in [3.63, 3.8) is 0 Å². The summed E-state index contributed by atoms with van der Waals surface area (Å²) in [5.41, 5.74) is 1.12. The second kappa shape index (κ2) is 3.75. The van der Waals surface area contributed by atoms with Crippen molar-refractivity contribution in [2.45, 2.75) is 5.33 Å². The Hall–Kier alpha value is -0.800. The van der Waals surface area contributed by atoms with E-state index < -0.39 is 0 Å². The Bertz CT molecular complexity index is 533. The average molecular weight is 274 g/mol. The van der Waals surface area contributed by atoms with Crippen molar-refractivity contribution in [2.75, 3.05) is 0 Å². The number of alkyl halides is 1. The fourth-order valence-corrected chi connectivity index (χ4v) is 1.95. The van der Waals surface area contributed by atoms with Gasteiger partial charge in [0.1, 0.15) is 5.58 Å². The SMILES string of the molecule is O=c1cc(CBr)c2cc(Cl)ccc2o1. The number of halogens is 2. The summed E-state index contributed by atoms with van der Waals surface area (Å²) in [5.74, 6) is 0. The van der Waals surface area contributed by atoms with Crippen molar-refractivity contribution in [3.8, 4) is 0 Å². The van der Waals surface area contributed by atoms with Crippen LogP contribution in [0.2, 0.25) is 5.02 Å². The molecule has 1 aromatic heterocycles. The summed E-state index contributed by atoms with van der Waals surface area (Å²) in [4.78, 5) is 11.1. The average Bonchev–Trinajstić information content (AvgIpc) is 2.17. The number of fused-ring (bicyclic) bond motifs is 1. The van der Waals surface area contributed by atoms with Crippen molar-refractivity contribution in [1.29, 1.82) is 0 Å². The van der Waals surface area contributed by atoms with E-state index >= 15 is 0 Å². The van der Waals surface area contributed by atoms with E-state index in [0.717, 1.165) is 10.9 Å². The Labute approximate surface area is 93.6 Å². The van der Waals surface area contributed by atoms with E-state index in [9.17, 15) is 4.79 Å². The van der Waals surface area contributed by atoms with Gasteiger partial charge >= 0.3 is 5.63 Å². The van der Waals surface area contributed by atoms with Crippen LogP contribution in [0.3, 0.4) is 0 Å². The molecular weight excluding hydrogens is 267 g/mol. The molecule has 2 nitrogen and oxygen atoms in total. The van der Waals surface area contributed by atoms with E-state index in [0.29, 0.717) is 15.9 Å². The minimum atomic E-state index is -0.339. The molecule has 0 atom stereocenters. The van der Waals surface area contributed by atoms with Gasteiger partial charge in [0, 0.05) is 21.8 Å². The maximum atomic E-state index is 11.1. The molecule has 0 spiro atoms. The standard InChI is InChI=1S/C10H6BrClO2/c11-5-6-3-10(13)14-9-2-1-7(12)4-8(6)9/h1-4H,5H2. The second-order valence-electron chi connectivity index (χ2n) is 2.86. The monoisotopic (exact) mass is 272 g/mol. The van der Waals surface area contributed by atoms with Crippen LogP contribution in [0.25, 0.3) is 11.0 Å². The smallest absolute Gasteiger partial charge is 0.336 e. The normalized spacial score (nSPS) is 10.7. The van der Waals surface area contributed by atoms with Gasteiger partial charge in [0.15, 0.2) is 0 Å². The van der Waals surface area contributed by atoms with Crippen LogP contribution in [0.15, 0.2) is 33.5 Å². The molecule has 0 fully saturated rings. The molecule has 2 rings (SSSR count). The van der Waals surface area contributed by atoms with Gasteiger partial charge in [0.25, 0.3) is 0 Å². The summed E-state index contributed by atoms with van der Waals surface area (Å²) >= 11 is 9.17. The highest BCUT2D eigenvalue weighted by Gasteiger charge is 2.04. The highest BCUT2D eigenvalue weighted by atomic mass is 79.9. The lowest BCUT2D eigenvalue weighted by Gasteiger charge is -2.01. The van der Waals surface area contributed by atoms with Crippen LogP contribution in [0.4, 0.5) is 0 Å². The fraction of sp³-hybridized carbons (Fsp3) is 0.100. The van der Waals surface area contributed by atoms with Crippen LogP contribution in [0.1, 0.15) is 5.56 Å². The molecule has 0 aliphatic heterocycles. The highest BCUT2D eigenvalue weighted by molar-refractivity contribution is 9.08. The third-order valence-electron chi connectivity index (χ3n) is 1.93. The van der Waals surface area contributed by atoms with E-state index in [-0.39, 0.29) is 5.63 Å². The van der Waals surface area contributed by atoms with Gasteiger partial charge in [-0.3, -0.25) is 0 Å². The van der Waals surface area contributed by atoms with Gasteiger partial charge < -0.3 is 4.42 Å². The largest absolute Gasteiger partial charge is 0.423 e. The lowest BCUT2D eigenvalue weighted by Crippen LogP contribution is -1.98. The Kier molecular flexibility index (Phi) is 2.61. The second-order valence-corrected chi connectivity index (χ2v) is 3.86. The molecule has 0 aliphatic carbocycles. The molecule has 0 bridgehead atoms. The topological polar surface area (TPSA) is 30.2 Å². The Balaban J connectivity index is 2.88. The Morgan fingerprint density at radius 1 is 1.36 bits per heavy atom. The number of hydrogen-bond acceptors (Lipinski definition) is 2. The van der Waals surface area contributed by atoms with Gasteiger partial charge in [-0.25, -0.2) is 4.79 Å². The van der Waals surface area contributed by atoms with Crippen molar-refractivity contribution in [2.24, 2.45) is 0 Å². The zero-order chi connectivity index (χ0) is 10.1. The quantitative estimate of drug-likeness (QED) is 0.589. The van der Waals surface area contributed by atoms with E-state index in [1.54, 1.807) is 18.2 Å². The summed E-state index contributed by atoms with van der Waals surface area (Å²) in [6.07, 6.45) is 0. The summed E-state index contributed by atoms with van der Waals surface area (Å²) < 4.78 is 5.02. The molecule has 0 aliphatic rings. The van der Waals surface area contributed by atoms with Gasteiger partial charge in [0.05, 0.1) is 0 Å². The molecular formula is C10H6BrClO2. The molecule has 0 radical (unpaired) electrons. The summed E-state index contributed by atoms with van der Waals surface area (Å²) in [7, 11) is 0. The predicted molar refractivity (Wildman–Crippen MR) is 60.1 cm³/mol. The van der Waals surface area contributed by atoms with Crippen LogP contribution >= 0.6 is 27.5 Å². The zero-order valence-corrected chi connectivity index (χ0v) is 9.43. The van der Waals surface area contributed by atoms with Crippen LogP contribution in [0, 0.1) is 0 Å². The first-order chi connectivity index (χ1) is 6.70. The van der Waals surface area contributed by atoms with E-state index in [2.05, 4.69) is 15.9 Å². The van der Waals surface area contributed by atoms with Crippen LogP contribution in [-0.4, -0.2) is 0 Å². The van der Waals surface area contributed by atoms with Crippen molar-refractivity contribution in [3.05, 3.63) is 45.3 Å². The maximum Gasteiger partial charge on any atom is 0.336 e. The van der Waals surface area contributed by atoms with Crippen LogP contribution < -0.4 is 5.63 Å². The minimum Gasteiger partial charge on any atom is -0.423 e. The Morgan fingerprint density at radius 2 is 2.14 bits per heavy atom. The minimum absolute atomic E-state index is 0.339. The number of hydrogen-bond donors (Lipinski definition) is 0. The first kappa shape index (κ1) is 9.74.